The quantitative estimate of drug-likeness (QED) is 0.758. The molecule has 1 atom stereocenters. The zero-order chi connectivity index (χ0) is 13.8. The van der Waals surface area contributed by atoms with Crippen molar-refractivity contribution in [2.75, 3.05) is 39.4 Å². The summed E-state index contributed by atoms with van der Waals surface area (Å²) in [6, 6.07) is 0. The van der Waals surface area contributed by atoms with Gasteiger partial charge in [-0.05, 0) is 12.3 Å². The summed E-state index contributed by atoms with van der Waals surface area (Å²) < 4.78 is 5.25. The fourth-order valence-corrected chi connectivity index (χ4v) is 2.75. The number of hydrogen-bond donors (Lipinski definition) is 0. The molecule has 2 aliphatic heterocycles. The Morgan fingerprint density at radius 2 is 1.84 bits per heavy atom. The minimum atomic E-state index is 0.0497. The van der Waals surface area contributed by atoms with E-state index in [0.29, 0.717) is 38.6 Å². The molecule has 0 aromatic carbocycles. The molecular formula is C14H24N2O3. The van der Waals surface area contributed by atoms with Crippen molar-refractivity contribution >= 4 is 11.8 Å². The van der Waals surface area contributed by atoms with Crippen LogP contribution in [0.1, 0.15) is 26.7 Å². The van der Waals surface area contributed by atoms with E-state index < -0.39 is 0 Å². The third-order valence-electron chi connectivity index (χ3n) is 3.92. The largest absolute Gasteiger partial charge is 0.378 e. The van der Waals surface area contributed by atoms with Crippen LogP contribution in [-0.2, 0) is 14.3 Å². The fraction of sp³-hybridized carbons (Fsp3) is 0.857. The van der Waals surface area contributed by atoms with Crippen molar-refractivity contribution in [2.45, 2.75) is 26.7 Å². The topological polar surface area (TPSA) is 49.9 Å². The van der Waals surface area contributed by atoms with E-state index in [1.54, 1.807) is 0 Å². The van der Waals surface area contributed by atoms with E-state index in [9.17, 15) is 9.59 Å². The summed E-state index contributed by atoms with van der Waals surface area (Å²) in [7, 11) is 0. The third kappa shape index (κ3) is 3.69. The molecule has 2 rings (SSSR count). The van der Waals surface area contributed by atoms with Crippen molar-refractivity contribution in [1.29, 1.82) is 0 Å². The molecule has 0 radical (unpaired) electrons. The first kappa shape index (κ1) is 14.3. The number of hydrogen-bond acceptors (Lipinski definition) is 3. The van der Waals surface area contributed by atoms with Gasteiger partial charge in [-0.2, -0.15) is 0 Å². The highest BCUT2D eigenvalue weighted by Gasteiger charge is 2.30. The summed E-state index contributed by atoms with van der Waals surface area (Å²) in [5.74, 6) is 0.806. The van der Waals surface area contributed by atoms with Gasteiger partial charge in [-0.1, -0.05) is 13.8 Å². The summed E-state index contributed by atoms with van der Waals surface area (Å²) in [4.78, 5) is 27.8. The van der Waals surface area contributed by atoms with Crippen molar-refractivity contribution < 1.29 is 14.3 Å². The maximum Gasteiger partial charge on any atom is 0.225 e. The van der Waals surface area contributed by atoms with E-state index in [-0.39, 0.29) is 17.7 Å². The number of rotatable bonds is 3. The van der Waals surface area contributed by atoms with Crippen LogP contribution < -0.4 is 0 Å². The zero-order valence-electron chi connectivity index (χ0n) is 11.9. The van der Waals surface area contributed by atoms with Crippen LogP contribution in [0.2, 0.25) is 0 Å². The average Bonchev–Trinajstić information content (AvgIpc) is 2.87. The Morgan fingerprint density at radius 3 is 2.47 bits per heavy atom. The summed E-state index contributed by atoms with van der Waals surface area (Å²) in [6.07, 6.45) is 1.52. The smallest absolute Gasteiger partial charge is 0.225 e. The molecule has 0 N–H and O–H groups in total. The molecule has 1 unspecified atom stereocenters. The molecule has 0 saturated carbocycles. The number of nitrogens with zero attached hydrogens (tertiary/aromatic N) is 2. The molecular weight excluding hydrogens is 244 g/mol. The molecule has 108 valence electrons. The first-order valence-electron chi connectivity index (χ1n) is 7.22. The first-order valence-corrected chi connectivity index (χ1v) is 7.22. The van der Waals surface area contributed by atoms with Gasteiger partial charge < -0.3 is 14.5 Å². The van der Waals surface area contributed by atoms with Crippen molar-refractivity contribution in [3.05, 3.63) is 0 Å². The van der Waals surface area contributed by atoms with Gasteiger partial charge in [0.2, 0.25) is 11.8 Å². The Kier molecular flexibility index (Phi) is 4.80. The molecule has 0 bridgehead atoms. The summed E-state index contributed by atoms with van der Waals surface area (Å²) in [6.45, 7) is 8.11. The van der Waals surface area contributed by atoms with Gasteiger partial charge in [0.25, 0.3) is 0 Å². The van der Waals surface area contributed by atoms with Gasteiger partial charge in [0, 0.05) is 38.5 Å². The lowest BCUT2D eigenvalue weighted by Crippen LogP contribution is -2.41. The highest BCUT2D eigenvalue weighted by molar-refractivity contribution is 5.79. The fourth-order valence-electron chi connectivity index (χ4n) is 2.75. The maximum absolute atomic E-state index is 12.1. The number of carbonyl (C=O) groups is 2. The van der Waals surface area contributed by atoms with Gasteiger partial charge in [0.15, 0.2) is 0 Å². The van der Waals surface area contributed by atoms with E-state index >= 15 is 0 Å². The Bertz CT molecular complexity index is 338. The minimum absolute atomic E-state index is 0.0497. The average molecular weight is 268 g/mol. The number of morpholine rings is 1. The molecule has 0 spiro atoms. The van der Waals surface area contributed by atoms with Gasteiger partial charge in [0.05, 0.1) is 13.2 Å². The molecule has 2 fully saturated rings. The Morgan fingerprint density at radius 1 is 1.16 bits per heavy atom. The lowest BCUT2D eigenvalue weighted by Gasteiger charge is -2.28. The van der Waals surface area contributed by atoms with Crippen LogP contribution >= 0.6 is 0 Å². The summed E-state index contributed by atoms with van der Waals surface area (Å²) in [5, 5.41) is 0. The molecule has 0 aromatic rings. The predicted molar refractivity (Wildman–Crippen MR) is 71.5 cm³/mol. The molecule has 2 amide bonds. The van der Waals surface area contributed by atoms with E-state index in [2.05, 4.69) is 0 Å². The van der Waals surface area contributed by atoms with Crippen molar-refractivity contribution in [3.63, 3.8) is 0 Å². The lowest BCUT2D eigenvalue weighted by molar-refractivity contribution is -0.137. The van der Waals surface area contributed by atoms with Gasteiger partial charge >= 0.3 is 0 Å². The Hall–Kier alpha value is -1.10. The molecule has 5 heteroatoms. The van der Waals surface area contributed by atoms with Crippen LogP contribution in [-0.4, -0.2) is 61.0 Å². The second kappa shape index (κ2) is 6.37. The lowest BCUT2D eigenvalue weighted by atomic mass is 10.0. The van der Waals surface area contributed by atoms with Crippen molar-refractivity contribution in [2.24, 2.45) is 11.8 Å². The van der Waals surface area contributed by atoms with Crippen LogP contribution in [0.5, 0.6) is 0 Å². The van der Waals surface area contributed by atoms with Gasteiger partial charge in [0.1, 0.15) is 0 Å². The van der Waals surface area contributed by atoms with Crippen LogP contribution in [0.25, 0.3) is 0 Å². The molecule has 2 heterocycles. The Labute approximate surface area is 114 Å². The monoisotopic (exact) mass is 268 g/mol. The normalized spacial score (nSPS) is 24.1. The molecule has 19 heavy (non-hydrogen) atoms. The maximum atomic E-state index is 12.1. The number of ether oxygens (including phenoxy) is 1. The van der Waals surface area contributed by atoms with Crippen molar-refractivity contribution in [3.8, 4) is 0 Å². The number of likely N-dealkylation sites (tertiary alicyclic amines) is 1. The van der Waals surface area contributed by atoms with Gasteiger partial charge in [-0.15, -0.1) is 0 Å². The second-order valence-electron chi connectivity index (χ2n) is 5.79. The van der Waals surface area contributed by atoms with E-state index in [1.165, 1.54) is 0 Å². The van der Waals surface area contributed by atoms with Crippen LogP contribution in [0.15, 0.2) is 0 Å². The third-order valence-corrected chi connectivity index (χ3v) is 3.92. The molecule has 2 aliphatic rings. The molecule has 0 aromatic heterocycles. The highest BCUT2D eigenvalue weighted by atomic mass is 16.5. The molecule has 2 saturated heterocycles. The Balaban J connectivity index is 1.78. The first-order chi connectivity index (χ1) is 9.08. The van der Waals surface area contributed by atoms with Gasteiger partial charge in [-0.3, -0.25) is 9.59 Å². The summed E-state index contributed by atoms with van der Waals surface area (Å²) >= 11 is 0. The highest BCUT2D eigenvalue weighted by Crippen LogP contribution is 2.22. The van der Waals surface area contributed by atoms with Crippen LogP contribution in [0.3, 0.4) is 0 Å². The van der Waals surface area contributed by atoms with E-state index in [0.717, 1.165) is 19.5 Å². The number of carbonyl (C=O) groups excluding carboxylic acids is 2. The minimum Gasteiger partial charge on any atom is -0.378 e. The SMILES string of the molecule is CC(C)C(=O)N1CCC(CC(=O)N2CCOCC2)C1. The van der Waals surface area contributed by atoms with E-state index in [4.69, 9.17) is 4.74 Å². The number of amides is 2. The standard InChI is InChI=1S/C14H24N2O3/c1-11(2)14(18)16-4-3-12(10-16)9-13(17)15-5-7-19-8-6-15/h11-12H,3-10H2,1-2H3. The van der Waals surface area contributed by atoms with Crippen LogP contribution in [0.4, 0.5) is 0 Å². The van der Waals surface area contributed by atoms with Crippen LogP contribution in [0, 0.1) is 11.8 Å². The predicted octanol–water partition coefficient (Wildman–Crippen LogP) is 0.740. The second-order valence-corrected chi connectivity index (χ2v) is 5.79. The van der Waals surface area contributed by atoms with Crippen molar-refractivity contribution in [1.82, 2.24) is 9.80 Å². The molecule has 0 aliphatic carbocycles. The van der Waals surface area contributed by atoms with Gasteiger partial charge in [-0.25, -0.2) is 0 Å². The van der Waals surface area contributed by atoms with E-state index in [1.807, 2.05) is 23.6 Å². The molecule has 5 nitrogen and oxygen atoms in total. The summed E-state index contributed by atoms with van der Waals surface area (Å²) in [5.41, 5.74) is 0. The zero-order valence-corrected chi connectivity index (χ0v) is 11.9.